The van der Waals surface area contributed by atoms with Gasteiger partial charge in [0.05, 0.1) is 99.1 Å². The Morgan fingerprint density at radius 1 is 0.459 bits per heavy atom. The van der Waals surface area contributed by atoms with E-state index < -0.39 is 5.97 Å². The van der Waals surface area contributed by atoms with Crippen LogP contribution in [0.1, 0.15) is 46.0 Å². The molecule has 0 amide bonds. The van der Waals surface area contributed by atoms with E-state index in [1.807, 2.05) is 0 Å². The van der Waals surface area contributed by atoms with Gasteiger partial charge in [-0.1, -0.05) is 39.2 Å². The topological polar surface area (TPSA) is 100 Å². The summed E-state index contributed by atoms with van der Waals surface area (Å²) in [4.78, 5) is 11.2. The lowest BCUT2D eigenvalue weighted by Crippen LogP contribution is -2.15. The van der Waals surface area contributed by atoms with Gasteiger partial charge in [0, 0.05) is 12.2 Å². The SMILES string of the molecule is C=C(C)C(=O)OCCOCCOCCOCCOCCOCCOCCOCCOCCCCCCC. The standard InChI is InChI=1S/C27H52O10/c1-4-5-6-7-8-9-29-10-11-30-12-13-31-14-15-32-16-17-33-18-19-34-20-21-35-22-23-36-24-25-37-27(28)26(2)3/h2,4-25H2,1,3H3. The fourth-order valence-corrected chi connectivity index (χ4v) is 2.77. The maximum absolute atomic E-state index is 11.2. The van der Waals surface area contributed by atoms with Gasteiger partial charge in [0.1, 0.15) is 6.61 Å². The van der Waals surface area contributed by atoms with Gasteiger partial charge in [0.15, 0.2) is 0 Å². The van der Waals surface area contributed by atoms with Crippen molar-refractivity contribution in [2.75, 3.05) is 112 Å². The molecule has 0 rings (SSSR count). The average molecular weight is 537 g/mol. The van der Waals surface area contributed by atoms with E-state index >= 15 is 0 Å². The van der Waals surface area contributed by atoms with Crippen molar-refractivity contribution >= 4 is 5.97 Å². The fourth-order valence-electron chi connectivity index (χ4n) is 2.77. The minimum Gasteiger partial charge on any atom is -0.460 e. The van der Waals surface area contributed by atoms with Gasteiger partial charge in [-0.05, 0) is 13.3 Å². The van der Waals surface area contributed by atoms with Gasteiger partial charge < -0.3 is 42.6 Å². The number of hydrogen-bond acceptors (Lipinski definition) is 10. The third-order valence-electron chi connectivity index (χ3n) is 4.81. The summed E-state index contributed by atoms with van der Waals surface area (Å²) in [6.45, 7) is 16.0. The van der Waals surface area contributed by atoms with E-state index in [-0.39, 0.29) is 6.61 Å². The van der Waals surface area contributed by atoms with Crippen LogP contribution in [0.2, 0.25) is 0 Å². The molecule has 0 saturated carbocycles. The highest BCUT2D eigenvalue weighted by Gasteiger charge is 2.01. The smallest absolute Gasteiger partial charge is 0.333 e. The molecule has 10 heteroatoms. The molecule has 0 bridgehead atoms. The fraction of sp³-hybridized carbons (Fsp3) is 0.889. The van der Waals surface area contributed by atoms with Crippen molar-refractivity contribution in [2.45, 2.75) is 46.0 Å². The van der Waals surface area contributed by atoms with E-state index in [1.165, 1.54) is 25.7 Å². The Bertz CT molecular complexity index is 490. The third-order valence-corrected chi connectivity index (χ3v) is 4.81. The Morgan fingerprint density at radius 2 is 0.757 bits per heavy atom. The van der Waals surface area contributed by atoms with Crippen molar-refractivity contribution in [3.05, 3.63) is 12.2 Å². The predicted octanol–water partition coefficient (Wildman–Crippen LogP) is 3.21. The summed E-state index contributed by atoms with van der Waals surface area (Å²) in [7, 11) is 0. The number of hydrogen-bond donors (Lipinski definition) is 0. The summed E-state index contributed by atoms with van der Waals surface area (Å²) >= 11 is 0. The highest BCUT2D eigenvalue weighted by molar-refractivity contribution is 5.86. The third kappa shape index (κ3) is 31.0. The van der Waals surface area contributed by atoms with E-state index in [2.05, 4.69) is 13.5 Å². The number of unbranched alkanes of at least 4 members (excludes halogenated alkanes) is 4. The molecule has 0 aliphatic rings. The second kappa shape index (κ2) is 31.1. The van der Waals surface area contributed by atoms with Gasteiger partial charge in [-0.25, -0.2) is 4.79 Å². The van der Waals surface area contributed by atoms with Crippen molar-refractivity contribution in [3.63, 3.8) is 0 Å². The van der Waals surface area contributed by atoms with Crippen LogP contribution in [0.5, 0.6) is 0 Å². The summed E-state index contributed by atoms with van der Waals surface area (Å²) in [6.07, 6.45) is 6.27. The molecule has 220 valence electrons. The van der Waals surface area contributed by atoms with E-state index in [0.29, 0.717) is 105 Å². The lowest BCUT2D eigenvalue weighted by molar-refractivity contribution is -0.140. The minimum absolute atomic E-state index is 0.207. The van der Waals surface area contributed by atoms with Crippen LogP contribution in [0.4, 0.5) is 0 Å². The average Bonchev–Trinajstić information content (AvgIpc) is 2.89. The van der Waals surface area contributed by atoms with E-state index in [9.17, 15) is 4.79 Å². The molecule has 0 aliphatic heterocycles. The molecule has 0 spiro atoms. The first-order valence-electron chi connectivity index (χ1n) is 13.6. The maximum atomic E-state index is 11.2. The molecule has 0 heterocycles. The zero-order valence-electron chi connectivity index (χ0n) is 23.3. The van der Waals surface area contributed by atoms with Gasteiger partial charge in [0.25, 0.3) is 0 Å². The van der Waals surface area contributed by atoms with E-state index in [4.69, 9.17) is 42.6 Å². The van der Waals surface area contributed by atoms with Crippen molar-refractivity contribution in [1.82, 2.24) is 0 Å². The Balaban J connectivity index is 3.05. The molecule has 0 radical (unpaired) electrons. The summed E-state index contributed by atoms with van der Waals surface area (Å²) in [6, 6.07) is 0. The number of carbonyl (C=O) groups is 1. The Labute approximate surface area is 224 Å². The van der Waals surface area contributed by atoms with Crippen molar-refractivity contribution in [3.8, 4) is 0 Å². The Hall–Kier alpha value is -1.11. The van der Waals surface area contributed by atoms with Crippen LogP contribution in [-0.2, 0) is 47.4 Å². The minimum atomic E-state index is -0.406. The molecular formula is C27H52O10. The van der Waals surface area contributed by atoms with Crippen LogP contribution < -0.4 is 0 Å². The van der Waals surface area contributed by atoms with E-state index in [1.54, 1.807) is 6.92 Å². The normalized spacial score (nSPS) is 11.2. The van der Waals surface area contributed by atoms with Crippen molar-refractivity contribution in [2.24, 2.45) is 0 Å². The predicted molar refractivity (Wildman–Crippen MR) is 141 cm³/mol. The molecule has 10 nitrogen and oxygen atoms in total. The number of rotatable bonds is 31. The highest BCUT2D eigenvalue weighted by atomic mass is 16.6. The first kappa shape index (κ1) is 35.9. The molecule has 0 aromatic rings. The second-order valence-corrected chi connectivity index (χ2v) is 8.23. The molecule has 0 N–H and O–H groups in total. The van der Waals surface area contributed by atoms with Crippen LogP contribution in [-0.4, -0.2) is 118 Å². The molecule has 0 aromatic heterocycles. The largest absolute Gasteiger partial charge is 0.460 e. The molecule has 0 atom stereocenters. The zero-order chi connectivity index (χ0) is 27.1. The van der Waals surface area contributed by atoms with Crippen LogP contribution in [0.15, 0.2) is 12.2 Å². The van der Waals surface area contributed by atoms with Gasteiger partial charge in [-0.3, -0.25) is 0 Å². The lowest BCUT2D eigenvalue weighted by Gasteiger charge is -2.09. The molecule has 0 unspecified atom stereocenters. The molecule has 37 heavy (non-hydrogen) atoms. The van der Waals surface area contributed by atoms with Crippen LogP contribution in [0.3, 0.4) is 0 Å². The van der Waals surface area contributed by atoms with Gasteiger partial charge in [-0.15, -0.1) is 0 Å². The van der Waals surface area contributed by atoms with Gasteiger partial charge in [-0.2, -0.15) is 0 Å². The molecular weight excluding hydrogens is 484 g/mol. The molecule has 0 fully saturated rings. The quantitative estimate of drug-likeness (QED) is 0.0746. The number of carbonyl (C=O) groups excluding carboxylic acids is 1. The highest BCUT2D eigenvalue weighted by Crippen LogP contribution is 2.02. The maximum Gasteiger partial charge on any atom is 0.333 e. The van der Waals surface area contributed by atoms with Crippen LogP contribution >= 0.6 is 0 Å². The second-order valence-electron chi connectivity index (χ2n) is 8.23. The number of ether oxygens (including phenoxy) is 9. The first-order valence-corrected chi connectivity index (χ1v) is 13.6. The first-order chi connectivity index (χ1) is 18.2. The summed E-state index contributed by atoms with van der Waals surface area (Å²) in [5.41, 5.74) is 0.376. The van der Waals surface area contributed by atoms with Crippen molar-refractivity contribution in [1.29, 1.82) is 0 Å². The van der Waals surface area contributed by atoms with Gasteiger partial charge in [0.2, 0.25) is 0 Å². The summed E-state index contributed by atoms with van der Waals surface area (Å²) in [5, 5.41) is 0. The van der Waals surface area contributed by atoms with E-state index in [0.717, 1.165) is 13.0 Å². The van der Waals surface area contributed by atoms with Crippen LogP contribution in [0.25, 0.3) is 0 Å². The molecule has 0 aliphatic carbocycles. The Morgan fingerprint density at radius 3 is 1.08 bits per heavy atom. The summed E-state index contributed by atoms with van der Waals surface area (Å²) in [5.74, 6) is -0.406. The lowest BCUT2D eigenvalue weighted by atomic mass is 10.2. The molecule has 0 saturated heterocycles. The number of esters is 1. The zero-order valence-corrected chi connectivity index (χ0v) is 23.3. The van der Waals surface area contributed by atoms with Gasteiger partial charge >= 0.3 is 5.97 Å². The van der Waals surface area contributed by atoms with Crippen molar-refractivity contribution < 1.29 is 47.4 Å². The monoisotopic (exact) mass is 536 g/mol. The summed E-state index contributed by atoms with van der Waals surface area (Å²) < 4.78 is 48.4. The van der Waals surface area contributed by atoms with Crippen LogP contribution in [0, 0.1) is 0 Å². The molecule has 0 aromatic carbocycles. The Kier molecular flexibility index (Phi) is 30.2.